The van der Waals surface area contributed by atoms with Crippen LogP contribution in [0.3, 0.4) is 0 Å². The van der Waals surface area contributed by atoms with Gasteiger partial charge in [-0.3, -0.25) is 9.89 Å². The number of benzene rings is 1. The molecule has 0 aliphatic heterocycles. The van der Waals surface area contributed by atoms with Crippen molar-refractivity contribution in [2.45, 2.75) is 6.92 Å². The highest BCUT2D eigenvalue weighted by Crippen LogP contribution is 2.07. The summed E-state index contributed by atoms with van der Waals surface area (Å²) in [4.78, 5) is 11.7. The Labute approximate surface area is 107 Å². The number of nitrogens with one attached hydrogen (secondary N) is 1. The minimum absolute atomic E-state index is 0.126. The van der Waals surface area contributed by atoms with Crippen LogP contribution in [0.25, 0.3) is 0 Å². The van der Waals surface area contributed by atoms with Crippen molar-refractivity contribution in [2.24, 2.45) is 5.10 Å². The van der Waals surface area contributed by atoms with E-state index in [2.05, 4.69) is 15.3 Å². The molecule has 0 radical (unpaired) electrons. The molecule has 1 heterocycles. The number of nitrogens with zero attached hydrogens (tertiary/aromatic N) is 3. The van der Waals surface area contributed by atoms with E-state index in [0.717, 1.165) is 10.2 Å². The molecule has 2 N–H and O–H groups in total. The third-order valence-corrected chi connectivity index (χ3v) is 2.49. The fourth-order valence-electron chi connectivity index (χ4n) is 1.26. The van der Waals surface area contributed by atoms with Gasteiger partial charge in [-0.2, -0.15) is 14.9 Å². The van der Waals surface area contributed by atoms with Gasteiger partial charge in [-0.05, 0) is 49.0 Å². The van der Waals surface area contributed by atoms with Crippen molar-refractivity contribution in [2.75, 3.05) is 0 Å². The molecule has 1 aromatic heterocycles. The zero-order chi connectivity index (χ0) is 13.1. The van der Waals surface area contributed by atoms with E-state index in [1.54, 1.807) is 19.1 Å². The van der Waals surface area contributed by atoms with Gasteiger partial charge in [-0.1, -0.05) is 0 Å². The molecule has 0 aliphatic rings. The number of aromatic amines is 1. The highest BCUT2D eigenvalue weighted by Gasteiger charge is 2.00. The Balaban J connectivity index is 2.41. The SMILES string of the molecule is Cc1n[nH]c(=S)n(N=Cc2ccc(O)cc2)c1=O. The van der Waals surface area contributed by atoms with Crippen LogP contribution in [0.2, 0.25) is 0 Å². The van der Waals surface area contributed by atoms with Crippen molar-refractivity contribution in [3.8, 4) is 5.75 Å². The van der Waals surface area contributed by atoms with E-state index in [1.165, 1.54) is 18.3 Å². The largest absolute Gasteiger partial charge is 0.508 e. The second-order valence-electron chi connectivity index (χ2n) is 3.57. The smallest absolute Gasteiger partial charge is 0.296 e. The summed E-state index contributed by atoms with van der Waals surface area (Å²) in [5.74, 6) is 0.168. The summed E-state index contributed by atoms with van der Waals surface area (Å²) in [7, 11) is 0. The Morgan fingerprint density at radius 2 is 2.11 bits per heavy atom. The molecule has 0 unspecified atom stereocenters. The Kier molecular flexibility index (Phi) is 3.33. The van der Waals surface area contributed by atoms with Gasteiger partial charge in [-0.15, -0.1) is 0 Å². The molecule has 0 amide bonds. The average molecular weight is 262 g/mol. The van der Waals surface area contributed by atoms with Crippen LogP contribution in [0.1, 0.15) is 11.3 Å². The number of phenols is 1. The molecule has 92 valence electrons. The predicted octanol–water partition coefficient (Wildman–Crippen LogP) is 1.20. The van der Waals surface area contributed by atoms with Gasteiger partial charge in [-0.25, -0.2) is 0 Å². The number of aromatic nitrogens is 3. The minimum atomic E-state index is -0.367. The molecule has 0 bridgehead atoms. The zero-order valence-corrected chi connectivity index (χ0v) is 10.3. The molecule has 1 aromatic carbocycles. The molecule has 0 fully saturated rings. The first-order chi connectivity index (χ1) is 8.58. The lowest BCUT2D eigenvalue weighted by atomic mass is 10.2. The molecule has 2 rings (SSSR count). The Morgan fingerprint density at radius 1 is 1.44 bits per heavy atom. The molecule has 7 heteroatoms. The van der Waals surface area contributed by atoms with Gasteiger partial charge in [0.15, 0.2) is 0 Å². The van der Waals surface area contributed by atoms with E-state index in [4.69, 9.17) is 17.3 Å². The number of phenolic OH excluding ortho intramolecular Hbond substituents is 1. The van der Waals surface area contributed by atoms with E-state index in [9.17, 15) is 4.79 Å². The topological polar surface area (TPSA) is 83.3 Å². The van der Waals surface area contributed by atoms with Crippen LogP contribution in [0.5, 0.6) is 5.75 Å². The summed E-state index contributed by atoms with van der Waals surface area (Å²) in [6.45, 7) is 1.57. The van der Waals surface area contributed by atoms with E-state index >= 15 is 0 Å². The lowest BCUT2D eigenvalue weighted by Crippen LogP contribution is -2.22. The second kappa shape index (κ2) is 4.92. The maximum atomic E-state index is 11.7. The van der Waals surface area contributed by atoms with E-state index in [-0.39, 0.29) is 21.8 Å². The highest BCUT2D eigenvalue weighted by atomic mass is 32.1. The van der Waals surface area contributed by atoms with Crippen molar-refractivity contribution in [1.82, 2.24) is 14.9 Å². The van der Waals surface area contributed by atoms with Crippen molar-refractivity contribution in [1.29, 1.82) is 0 Å². The standard InChI is InChI=1S/C11H10N4O2S/c1-7-10(17)15(11(18)14-13-7)12-6-8-2-4-9(16)5-3-8/h2-6,16H,1H3,(H,14,18). The van der Waals surface area contributed by atoms with Gasteiger partial charge in [0.05, 0.1) is 6.21 Å². The zero-order valence-electron chi connectivity index (χ0n) is 9.49. The normalized spacial score (nSPS) is 10.9. The van der Waals surface area contributed by atoms with Crippen LogP contribution in [-0.4, -0.2) is 26.2 Å². The Morgan fingerprint density at radius 3 is 2.78 bits per heavy atom. The predicted molar refractivity (Wildman–Crippen MR) is 69.5 cm³/mol. The number of hydrogen-bond acceptors (Lipinski definition) is 5. The summed E-state index contributed by atoms with van der Waals surface area (Å²) in [6, 6.07) is 6.40. The van der Waals surface area contributed by atoms with E-state index in [0.29, 0.717) is 0 Å². The molecular formula is C11H10N4O2S. The molecular weight excluding hydrogens is 252 g/mol. The van der Waals surface area contributed by atoms with Gasteiger partial charge in [0, 0.05) is 0 Å². The first kappa shape index (κ1) is 12.2. The quantitative estimate of drug-likeness (QED) is 0.629. The van der Waals surface area contributed by atoms with Gasteiger partial charge in [0.25, 0.3) is 5.56 Å². The van der Waals surface area contributed by atoms with E-state index < -0.39 is 0 Å². The number of H-pyrrole nitrogens is 1. The van der Waals surface area contributed by atoms with Crippen LogP contribution in [-0.2, 0) is 0 Å². The maximum absolute atomic E-state index is 11.7. The summed E-state index contributed by atoms with van der Waals surface area (Å²) < 4.78 is 1.19. The maximum Gasteiger partial charge on any atom is 0.296 e. The van der Waals surface area contributed by atoms with Crippen molar-refractivity contribution < 1.29 is 5.11 Å². The molecule has 18 heavy (non-hydrogen) atoms. The van der Waals surface area contributed by atoms with Crippen LogP contribution in [0.4, 0.5) is 0 Å². The van der Waals surface area contributed by atoms with Gasteiger partial charge < -0.3 is 5.11 Å². The fourth-order valence-corrected chi connectivity index (χ4v) is 1.44. The molecule has 0 spiro atoms. The number of aromatic hydroxyl groups is 1. The lowest BCUT2D eigenvalue weighted by Gasteiger charge is -1.99. The highest BCUT2D eigenvalue weighted by molar-refractivity contribution is 7.71. The van der Waals surface area contributed by atoms with Crippen molar-refractivity contribution >= 4 is 18.4 Å². The first-order valence-electron chi connectivity index (χ1n) is 5.09. The van der Waals surface area contributed by atoms with Crippen LogP contribution < -0.4 is 5.56 Å². The summed E-state index contributed by atoms with van der Waals surface area (Å²) in [5.41, 5.74) is 0.656. The van der Waals surface area contributed by atoms with E-state index in [1.807, 2.05) is 0 Å². The molecule has 0 atom stereocenters. The summed E-state index contributed by atoms with van der Waals surface area (Å²) in [5, 5.41) is 19.4. The van der Waals surface area contributed by atoms with Gasteiger partial charge in [0.2, 0.25) is 4.77 Å². The molecule has 0 saturated carbocycles. The monoisotopic (exact) mass is 262 g/mol. The third-order valence-electron chi connectivity index (χ3n) is 2.23. The Bertz CT molecular complexity index is 700. The molecule has 6 nitrogen and oxygen atoms in total. The van der Waals surface area contributed by atoms with Crippen LogP contribution in [0.15, 0.2) is 34.2 Å². The van der Waals surface area contributed by atoms with Gasteiger partial charge >= 0.3 is 0 Å². The lowest BCUT2D eigenvalue weighted by molar-refractivity contribution is 0.475. The molecule has 0 saturated heterocycles. The van der Waals surface area contributed by atoms with Crippen LogP contribution in [0, 0.1) is 11.7 Å². The fraction of sp³-hybridized carbons (Fsp3) is 0.0909. The molecule has 0 aliphatic carbocycles. The second-order valence-corrected chi connectivity index (χ2v) is 3.95. The third kappa shape index (κ3) is 2.51. The Hall–Kier alpha value is -2.28. The summed E-state index contributed by atoms with van der Waals surface area (Å²) in [6.07, 6.45) is 1.48. The van der Waals surface area contributed by atoms with Crippen molar-refractivity contribution in [3.05, 3.63) is 50.6 Å². The number of rotatable bonds is 2. The van der Waals surface area contributed by atoms with Gasteiger partial charge in [0.1, 0.15) is 11.4 Å². The number of aryl methyl sites for hydroxylation is 1. The summed E-state index contributed by atoms with van der Waals surface area (Å²) >= 11 is 4.93. The van der Waals surface area contributed by atoms with Crippen molar-refractivity contribution in [3.63, 3.8) is 0 Å². The first-order valence-corrected chi connectivity index (χ1v) is 5.50. The minimum Gasteiger partial charge on any atom is -0.508 e. The molecule has 2 aromatic rings. The average Bonchev–Trinajstić information content (AvgIpc) is 2.36. The van der Waals surface area contributed by atoms with Crippen LogP contribution >= 0.6 is 12.2 Å². The number of hydrogen-bond donors (Lipinski definition) is 2.